The molecule has 1 saturated heterocycles. The van der Waals surface area contributed by atoms with Crippen LogP contribution in [0.2, 0.25) is 0 Å². The third-order valence-electron chi connectivity index (χ3n) is 3.39. The molecular weight excluding hydrogens is 336 g/mol. The van der Waals surface area contributed by atoms with E-state index in [1.54, 1.807) is 29.2 Å². The topological polar surface area (TPSA) is 57.7 Å². The first-order valence-corrected chi connectivity index (χ1v) is 7.69. The fourth-order valence-corrected chi connectivity index (χ4v) is 2.51. The van der Waals surface area contributed by atoms with Crippen molar-refractivity contribution in [2.45, 2.75) is 13.3 Å². The molecule has 0 aliphatic carbocycles. The van der Waals surface area contributed by atoms with Gasteiger partial charge < -0.3 is 9.80 Å². The van der Waals surface area contributed by atoms with E-state index in [2.05, 4.69) is 15.9 Å². The van der Waals surface area contributed by atoms with Crippen molar-refractivity contribution in [1.29, 1.82) is 0 Å². The van der Waals surface area contributed by atoms with Gasteiger partial charge in [0.1, 0.15) is 0 Å². The highest BCUT2D eigenvalue weighted by Crippen LogP contribution is 2.12. The first-order valence-electron chi connectivity index (χ1n) is 6.90. The number of halogens is 1. The van der Waals surface area contributed by atoms with Crippen LogP contribution in [0.15, 0.2) is 28.7 Å². The molecule has 21 heavy (non-hydrogen) atoms. The summed E-state index contributed by atoms with van der Waals surface area (Å²) >= 11 is 3.31. The number of benzene rings is 1. The number of amides is 2. The summed E-state index contributed by atoms with van der Waals surface area (Å²) in [5, 5.41) is 0. The minimum atomic E-state index is -0.583. The average molecular weight is 353 g/mol. The molecule has 5 nitrogen and oxygen atoms in total. The molecule has 1 heterocycles. The molecule has 2 amide bonds. The van der Waals surface area contributed by atoms with E-state index in [1.165, 1.54) is 4.90 Å². The molecule has 0 radical (unpaired) electrons. The highest BCUT2D eigenvalue weighted by atomic mass is 79.9. The van der Waals surface area contributed by atoms with Crippen LogP contribution in [-0.2, 0) is 9.59 Å². The lowest BCUT2D eigenvalue weighted by atomic mass is 10.1. The van der Waals surface area contributed by atoms with Crippen LogP contribution in [0.4, 0.5) is 0 Å². The van der Waals surface area contributed by atoms with Crippen LogP contribution in [0.5, 0.6) is 0 Å². The zero-order valence-electron chi connectivity index (χ0n) is 11.8. The van der Waals surface area contributed by atoms with Crippen molar-refractivity contribution in [2.24, 2.45) is 0 Å². The molecule has 6 heteroatoms. The largest absolute Gasteiger partial charge is 0.333 e. The van der Waals surface area contributed by atoms with E-state index in [9.17, 15) is 14.4 Å². The number of carbonyl (C=O) groups is 3. The van der Waals surface area contributed by atoms with Crippen molar-refractivity contribution in [1.82, 2.24) is 9.80 Å². The summed E-state index contributed by atoms with van der Waals surface area (Å²) in [6.07, 6.45) is 0.816. The predicted octanol–water partition coefficient (Wildman–Crippen LogP) is 1.71. The Balaban J connectivity index is 2.00. The standard InChI is InChI=1S/C15H17BrN2O3/c1-2-7-17-8-9-18(15(21)14(17)20)10-13(19)11-3-5-12(16)6-4-11/h3-6H,2,7-10H2,1H3. The van der Waals surface area contributed by atoms with E-state index >= 15 is 0 Å². The van der Waals surface area contributed by atoms with E-state index in [0.717, 1.165) is 10.9 Å². The first-order chi connectivity index (χ1) is 10.0. The van der Waals surface area contributed by atoms with Gasteiger partial charge in [-0.2, -0.15) is 0 Å². The third-order valence-corrected chi connectivity index (χ3v) is 3.92. The molecule has 1 aromatic carbocycles. The maximum Gasteiger partial charge on any atom is 0.312 e. The van der Waals surface area contributed by atoms with Crippen LogP contribution >= 0.6 is 15.9 Å². The number of carbonyl (C=O) groups excluding carboxylic acids is 3. The summed E-state index contributed by atoms with van der Waals surface area (Å²) in [5.74, 6) is -1.25. The maximum atomic E-state index is 12.1. The SMILES string of the molecule is CCCN1CCN(CC(=O)c2ccc(Br)cc2)C(=O)C1=O. The Morgan fingerprint density at radius 2 is 1.67 bits per heavy atom. The van der Waals surface area contributed by atoms with Crippen LogP contribution in [0, 0.1) is 0 Å². The number of hydrogen-bond acceptors (Lipinski definition) is 3. The monoisotopic (exact) mass is 352 g/mol. The zero-order valence-corrected chi connectivity index (χ0v) is 13.4. The Labute approximate surface area is 132 Å². The van der Waals surface area contributed by atoms with Gasteiger partial charge in [-0.25, -0.2) is 0 Å². The van der Waals surface area contributed by atoms with E-state index in [0.29, 0.717) is 25.2 Å². The van der Waals surface area contributed by atoms with Gasteiger partial charge in [0.15, 0.2) is 5.78 Å². The number of rotatable bonds is 5. The minimum Gasteiger partial charge on any atom is -0.333 e. The average Bonchev–Trinajstić information content (AvgIpc) is 2.47. The van der Waals surface area contributed by atoms with Gasteiger partial charge in [0.05, 0.1) is 6.54 Å². The van der Waals surface area contributed by atoms with Gasteiger partial charge in [-0.15, -0.1) is 0 Å². The molecule has 0 N–H and O–H groups in total. The second kappa shape index (κ2) is 6.85. The second-order valence-corrected chi connectivity index (χ2v) is 5.86. The summed E-state index contributed by atoms with van der Waals surface area (Å²) in [6, 6.07) is 6.96. The van der Waals surface area contributed by atoms with Crippen molar-refractivity contribution in [3.8, 4) is 0 Å². The molecule has 1 aliphatic heterocycles. The third kappa shape index (κ3) is 3.69. The van der Waals surface area contributed by atoms with E-state index in [-0.39, 0.29) is 12.3 Å². The van der Waals surface area contributed by atoms with Gasteiger partial charge in [-0.05, 0) is 18.6 Å². The highest BCUT2D eigenvalue weighted by Gasteiger charge is 2.32. The number of ketones is 1. The molecule has 0 saturated carbocycles. The quantitative estimate of drug-likeness (QED) is 0.598. The van der Waals surface area contributed by atoms with Gasteiger partial charge >= 0.3 is 11.8 Å². The summed E-state index contributed by atoms with van der Waals surface area (Å²) in [5.41, 5.74) is 0.537. The van der Waals surface area contributed by atoms with Gasteiger partial charge in [-0.1, -0.05) is 35.0 Å². The van der Waals surface area contributed by atoms with Crippen LogP contribution in [0.3, 0.4) is 0 Å². The number of Topliss-reactive ketones (excluding diaryl/α,β-unsaturated/α-hetero) is 1. The number of hydrogen-bond donors (Lipinski definition) is 0. The summed E-state index contributed by atoms with van der Waals surface area (Å²) in [4.78, 5) is 38.9. The van der Waals surface area contributed by atoms with Crippen LogP contribution in [-0.4, -0.2) is 53.6 Å². The first kappa shape index (κ1) is 15.7. The molecule has 1 fully saturated rings. The molecule has 0 unspecified atom stereocenters. The molecule has 0 bridgehead atoms. The van der Waals surface area contributed by atoms with Crippen LogP contribution in [0.25, 0.3) is 0 Å². The van der Waals surface area contributed by atoms with Gasteiger partial charge in [0.2, 0.25) is 0 Å². The molecule has 1 aromatic rings. The smallest absolute Gasteiger partial charge is 0.312 e. The van der Waals surface area contributed by atoms with Crippen LogP contribution < -0.4 is 0 Å². The summed E-state index contributed by atoms with van der Waals surface area (Å²) < 4.78 is 0.887. The van der Waals surface area contributed by atoms with E-state index in [1.807, 2.05) is 6.92 Å². The summed E-state index contributed by atoms with van der Waals surface area (Å²) in [6.45, 7) is 3.39. The Morgan fingerprint density at radius 3 is 2.29 bits per heavy atom. The van der Waals surface area contributed by atoms with Gasteiger partial charge in [-0.3, -0.25) is 14.4 Å². The van der Waals surface area contributed by atoms with Gasteiger partial charge in [0, 0.05) is 29.7 Å². The lowest BCUT2D eigenvalue weighted by molar-refractivity contribution is -0.155. The Kier molecular flexibility index (Phi) is 5.12. The highest BCUT2D eigenvalue weighted by molar-refractivity contribution is 9.10. The van der Waals surface area contributed by atoms with Crippen molar-refractivity contribution in [3.05, 3.63) is 34.3 Å². The lowest BCUT2D eigenvalue weighted by Gasteiger charge is -2.33. The van der Waals surface area contributed by atoms with Crippen LogP contribution in [0.1, 0.15) is 23.7 Å². The number of piperazine rings is 1. The normalized spacial score (nSPS) is 15.5. The van der Waals surface area contributed by atoms with Crippen molar-refractivity contribution in [2.75, 3.05) is 26.2 Å². The Hall–Kier alpha value is -1.69. The second-order valence-electron chi connectivity index (χ2n) is 4.95. The lowest BCUT2D eigenvalue weighted by Crippen LogP contribution is -2.55. The maximum absolute atomic E-state index is 12.1. The van der Waals surface area contributed by atoms with Crippen molar-refractivity contribution < 1.29 is 14.4 Å². The number of nitrogens with zero attached hydrogens (tertiary/aromatic N) is 2. The van der Waals surface area contributed by atoms with E-state index in [4.69, 9.17) is 0 Å². The molecule has 1 aliphatic rings. The predicted molar refractivity (Wildman–Crippen MR) is 81.9 cm³/mol. The molecule has 0 aromatic heterocycles. The molecule has 112 valence electrons. The zero-order chi connectivity index (χ0) is 15.4. The molecular formula is C15H17BrN2O3. The fraction of sp³-hybridized carbons (Fsp3) is 0.400. The van der Waals surface area contributed by atoms with Crippen molar-refractivity contribution >= 4 is 33.5 Å². The van der Waals surface area contributed by atoms with E-state index < -0.39 is 11.8 Å². The Morgan fingerprint density at radius 1 is 1.10 bits per heavy atom. The molecule has 2 rings (SSSR count). The summed E-state index contributed by atoms with van der Waals surface area (Å²) in [7, 11) is 0. The Bertz CT molecular complexity index is 557. The minimum absolute atomic E-state index is 0.0494. The molecule has 0 spiro atoms. The van der Waals surface area contributed by atoms with Crippen molar-refractivity contribution in [3.63, 3.8) is 0 Å². The molecule has 0 atom stereocenters. The fourth-order valence-electron chi connectivity index (χ4n) is 2.25. The van der Waals surface area contributed by atoms with Gasteiger partial charge in [0.25, 0.3) is 0 Å².